The Morgan fingerprint density at radius 3 is 2.69 bits per heavy atom. The number of aryl methyl sites for hydroxylation is 2. The molecule has 1 aromatic carbocycles. The van der Waals surface area contributed by atoms with E-state index in [-0.39, 0.29) is 17.5 Å². The Bertz CT molecular complexity index is 1200. The smallest absolute Gasteiger partial charge is 0.234 e. The van der Waals surface area contributed by atoms with Crippen molar-refractivity contribution >= 4 is 44.9 Å². The molecule has 0 bridgehead atoms. The molecule has 148 valence electrons. The first-order valence-electron chi connectivity index (χ1n) is 8.85. The van der Waals surface area contributed by atoms with Gasteiger partial charge in [0.2, 0.25) is 5.91 Å². The van der Waals surface area contributed by atoms with Crippen molar-refractivity contribution in [3.8, 4) is 11.1 Å². The lowest BCUT2D eigenvalue weighted by Crippen LogP contribution is -2.15. The van der Waals surface area contributed by atoms with Crippen LogP contribution in [0.25, 0.3) is 21.3 Å². The fraction of sp³-hybridized carbons (Fsp3) is 0.200. The van der Waals surface area contributed by atoms with E-state index in [0.717, 1.165) is 43.4 Å². The predicted octanol–water partition coefficient (Wildman–Crippen LogP) is 4.58. The van der Waals surface area contributed by atoms with Crippen LogP contribution in [0.15, 0.2) is 41.0 Å². The van der Waals surface area contributed by atoms with Gasteiger partial charge in [-0.05, 0) is 31.5 Å². The molecule has 1 N–H and O–H groups in total. The quantitative estimate of drug-likeness (QED) is 0.373. The number of hydrogen-bond acceptors (Lipinski definition) is 6. The second kappa shape index (κ2) is 7.92. The number of hydrogen-bond donors (Lipinski definition) is 1. The Labute approximate surface area is 175 Å². The molecule has 0 aliphatic heterocycles. The summed E-state index contributed by atoms with van der Waals surface area (Å²) in [7, 11) is 1.85. The number of nitrogens with zero attached hydrogens (tertiary/aromatic N) is 4. The zero-order valence-electron chi connectivity index (χ0n) is 16.1. The molecule has 0 aliphatic rings. The van der Waals surface area contributed by atoms with Crippen LogP contribution in [-0.4, -0.2) is 31.4 Å². The van der Waals surface area contributed by atoms with Gasteiger partial charge in [-0.25, -0.2) is 14.4 Å². The highest BCUT2D eigenvalue weighted by Crippen LogP contribution is 2.37. The van der Waals surface area contributed by atoms with Crippen molar-refractivity contribution < 1.29 is 9.18 Å². The summed E-state index contributed by atoms with van der Waals surface area (Å²) in [5.41, 5.74) is 4.26. The van der Waals surface area contributed by atoms with Crippen LogP contribution >= 0.6 is 23.1 Å². The Kier molecular flexibility index (Phi) is 5.33. The van der Waals surface area contributed by atoms with Gasteiger partial charge in [0.05, 0.1) is 28.2 Å². The number of halogens is 1. The maximum Gasteiger partial charge on any atom is 0.234 e. The first-order chi connectivity index (χ1) is 13.9. The van der Waals surface area contributed by atoms with E-state index in [1.165, 1.54) is 41.6 Å². The van der Waals surface area contributed by atoms with Gasteiger partial charge >= 0.3 is 0 Å². The highest BCUT2D eigenvalue weighted by Gasteiger charge is 2.16. The summed E-state index contributed by atoms with van der Waals surface area (Å²) in [6, 6.07) is 6.33. The largest absolute Gasteiger partial charge is 0.322 e. The second-order valence-electron chi connectivity index (χ2n) is 6.52. The van der Waals surface area contributed by atoms with Crippen molar-refractivity contribution in [1.29, 1.82) is 0 Å². The average Bonchev–Trinajstić information content (AvgIpc) is 3.24. The SMILES string of the molecule is Cc1nn(C)c(C)c1NC(=O)CSc1ncnc2scc(-c3ccc(F)cc3)c12. The van der Waals surface area contributed by atoms with E-state index in [2.05, 4.69) is 20.4 Å². The lowest BCUT2D eigenvalue weighted by Gasteiger charge is -2.07. The van der Waals surface area contributed by atoms with Gasteiger partial charge in [0.25, 0.3) is 0 Å². The summed E-state index contributed by atoms with van der Waals surface area (Å²) in [5.74, 6) is -0.199. The number of carbonyl (C=O) groups excluding carboxylic acids is 1. The lowest BCUT2D eigenvalue weighted by atomic mass is 10.1. The van der Waals surface area contributed by atoms with Crippen LogP contribution in [0.5, 0.6) is 0 Å². The van der Waals surface area contributed by atoms with Crippen LogP contribution in [-0.2, 0) is 11.8 Å². The Morgan fingerprint density at radius 1 is 1.24 bits per heavy atom. The van der Waals surface area contributed by atoms with E-state index >= 15 is 0 Å². The molecule has 0 fully saturated rings. The predicted molar refractivity (Wildman–Crippen MR) is 115 cm³/mol. The summed E-state index contributed by atoms with van der Waals surface area (Å²) in [6.45, 7) is 3.78. The molecular formula is C20H18FN5OS2. The minimum atomic E-state index is -0.281. The number of fused-ring (bicyclic) bond motifs is 1. The van der Waals surface area contributed by atoms with Crippen LogP contribution < -0.4 is 5.32 Å². The lowest BCUT2D eigenvalue weighted by molar-refractivity contribution is -0.113. The van der Waals surface area contributed by atoms with Gasteiger partial charge in [0.15, 0.2) is 0 Å². The molecule has 4 aromatic rings. The van der Waals surface area contributed by atoms with Crippen LogP contribution in [0.4, 0.5) is 10.1 Å². The number of anilines is 1. The maximum absolute atomic E-state index is 13.3. The molecule has 0 radical (unpaired) electrons. The maximum atomic E-state index is 13.3. The zero-order chi connectivity index (χ0) is 20.5. The Morgan fingerprint density at radius 2 is 2.00 bits per heavy atom. The molecule has 3 aromatic heterocycles. The summed E-state index contributed by atoms with van der Waals surface area (Å²) in [5, 5.41) is 10.9. The van der Waals surface area contributed by atoms with Crippen molar-refractivity contribution in [2.24, 2.45) is 7.05 Å². The molecule has 0 aliphatic carbocycles. The molecule has 29 heavy (non-hydrogen) atoms. The number of rotatable bonds is 5. The van der Waals surface area contributed by atoms with Gasteiger partial charge in [0, 0.05) is 18.0 Å². The van der Waals surface area contributed by atoms with Crippen molar-refractivity contribution in [3.05, 3.63) is 53.2 Å². The molecule has 0 atom stereocenters. The first kappa shape index (κ1) is 19.5. The molecule has 0 saturated heterocycles. The number of carbonyl (C=O) groups is 1. The van der Waals surface area contributed by atoms with Crippen LogP contribution in [0.2, 0.25) is 0 Å². The molecule has 0 saturated carbocycles. The van der Waals surface area contributed by atoms with E-state index in [0.29, 0.717) is 0 Å². The molecule has 0 spiro atoms. The van der Waals surface area contributed by atoms with E-state index in [1.54, 1.807) is 16.8 Å². The molecule has 9 heteroatoms. The van der Waals surface area contributed by atoms with Crippen molar-refractivity contribution in [1.82, 2.24) is 19.7 Å². The van der Waals surface area contributed by atoms with Crippen LogP contribution in [0.1, 0.15) is 11.4 Å². The number of thiophene rings is 1. The Balaban J connectivity index is 1.57. The normalized spacial score (nSPS) is 11.2. The molecule has 4 rings (SSSR count). The number of nitrogens with one attached hydrogen (secondary N) is 1. The van der Waals surface area contributed by atoms with Gasteiger partial charge in [-0.2, -0.15) is 5.10 Å². The van der Waals surface area contributed by atoms with E-state index in [1.807, 2.05) is 26.3 Å². The first-order valence-corrected chi connectivity index (χ1v) is 10.7. The standard InChI is InChI=1S/C20H18FN5OS2/c1-11-18(12(2)26(3)25-11)24-16(27)9-29-20-17-15(8-28-19(17)22-10-23-20)13-4-6-14(21)7-5-13/h4-8,10H,9H2,1-3H3,(H,24,27). The highest BCUT2D eigenvalue weighted by molar-refractivity contribution is 8.00. The number of amides is 1. The van der Waals surface area contributed by atoms with Crippen molar-refractivity contribution in [3.63, 3.8) is 0 Å². The van der Waals surface area contributed by atoms with E-state index in [4.69, 9.17) is 0 Å². The summed E-state index contributed by atoms with van der Waals surface area (Å²) in [6.07, 6.45) is 1.50. The van der Waals surface area contributed by atoms with Gasteiger partial charge in [-0.3, -0.25) is 9.48 Å². The zero-order valence-corrected chi connectivity index (χ0v) is 17.7. The minimum absolute atomic E-state index is 0.125. The average molecular weight is 428 g/mol. The molecule has 6 nitrogen and oxygen atoms in total. The number of thioether (sulfide) groups is 1. The fourth-order valence-electron chi connectivity index (χ4n) is 3.06. The van der Waals surface area contributed by atoms with Gasteiger partial charge < -0.3 is 5.32 Å². The van der Waals surface area contributed by atoms with Gasteiger partial charge in [-0.15, -0.1) is 11.3 Å². The van der Waals surface area contributed by atoms with E-state index < -0.39 is 0 Å². The highest BCUT2D eigenvalue weighted by atomic mass is 32.2. The van der Waals surface area contributed by atoms with Crippen LogP contribution in [0.3, 0.4) is 0 Å². The van der Waals surface area contributed by atoms with Gasteiger partial charge in [-0.1, -0.05) is 23.9 Å². The van der Waals surface area contributed by atoms with Gasteiger partial charge in [0.1, 0.15) is 22.0 Å². The third-order valence-corrected chi connectivity index (χ3v) is 6.48. The monoisotopic (exact) mass is 427 g/mol. The summed E-state index contributed by atoms with van der Waals surface area (Å²) in [4.78, 5) is 22.1. The third-order valence-electron chi connectivity index (χ3n) is 4.60. The minimum Gasteiger partial charge on any atom is -0.322 e. The third kappa shape index (κ3) is 3.88. The second-order valence-corrected chi connectivity index (χ2v) is 8.34. The van der Waals surface area contributed by atoms with E-state index in [9.17, 15) is 9.18 Å². The van der Waals surface area contributed by atoms with Crippen LogP contribution in [0, 0.1) is 19.7 Å². The summed E-state index contributed by atoms with van der Waals surface area (Å²) >= 11 is 2.86. The molecule has 0 unspecified atom stereocenters. The topological polar surface area (TPSA) is 72.7 Å². The molecular weight excluding hydrogens is 409 g/mol. The van der Waals surface area contributed by atoms with Crippen molar-refractivity contribution in [2.45, 2.75) is 18.9 Å². The fourth-order valence-corrected chi connectivity index (χ4v) is 4.86. The van der Waals surface area contributed by atoms with Crippen molar-refractivity contribution in [2.75, 3.05) is 11.1 Å². The number of aromatic nitrogens is 4. The summed E-state index contributed by atoms with van der Waals surface area (Å²) < 4.78 is 15.0. The molecule has 3 heterocycles. The molecule has 1 amide bonds. The Hall–Kier alpha value is -2.78. The number of benzene rings is 1.